The first-order chi connectivity index (χ1) is 12.7. The average molecular weight is 374 g/mol. The quantitative estimate of drug-likeness (QED) is 0.512. The average Bonchev–Trinajstić information content (AvgIpc) is 2.97. The number of allylic oxidation sites excluding steroid dienone is 1. The van der Waals surface area contributed by atoms with E-state index in [0.717, 1.165) is 12.1 Å². The maximum atomic E-state index is 12.8. The number of fused-ring (bicyclic) bond motifs is 1. The Bertz CT molecular complexity index is 1020. The van der Waals surface area contributed by atoms with Crippen molar-refractivity contribution in [2.45, 2.75) is 13.1 Å². The number of rotatable bonds is 4. The molecule has 0 N–H and O–H groups in total. The summed E-state index contributed by atoms with van der Waals surface area (Å²) in [6, 6.07) is 8.04. The van der Waals surface area contributed by atoms with Crippen LogP contribution in [0.5, 0.6) is 0 Å². The highest BCUT2D eigenvalue weighted by molar-refractivity contribution is 6.13. The van der Waals surface area contributed by atoms with E-state index in [0.29, 0.717) is 22.3 Å². The van der Waals surface area contributed by atoms with E-state index in [1.807, 2.05) is 0 Å². The van der Waals surface area contributed by atoms with Crippen LogP contribution in [0.4, 0.5) is 13.2 Å². The molecule has 1 aromatic carbocycles. The lowest BCUT2D eigenvalue weighted by molar-refractivity contribution is -0.137. The maximum Gasteiger partial charge on any atom is 0.416 e. The zero-order valence-electron chi connectivity index (χ0n) is 14.9. The molecular weight excluding hydrogens is 357 g/mol. The predicted molar refractivity (Wildman–Crippen MR) is 95.3 cm³/mol. The number of carbonyl (C=O) groups excluding carboxylic acids is 1. The number of hydrogen-bond acceptors (Lipinski definition) is 4. The van der Waals surface area contributed by atoms with Crippen molar-refractivity contribution in [3.05, 3.63) is 65.5 Å². The number of carbonyl (C=O) groups is 1. The molecule has 2 heterocycles. The number of alkyl halides is 3. The van der Waals surface area contributed by atoms with Gasteiger partial charge in [-0.05, 0) is 31.2 Å². The molecule has 0 saturated carbocycles. The Morgan fingerprint density at radius 3 is 2.33 bits per heavy atom. The lowest BCUT2D eigenvalue weighted by Crippen LogP contribution is -2.05. The number of nitrogens with zero attached hydrogens (tertiary/aromatic N) is 4. The van der Waals surface area contributed by atoms with Crippen LogP contribution in [0, 0.1) is 6.92 Å². The molecule has 3 aromatic rings. The second-order valence-corrected chi connectivity index (χ2v) is 6.29. The molecule has 0 unspecified atom stereocenters. The summed E-state index contributed by atoms with van der Waals surface area (Å²) >= 11 is 0. The van der Waals surface area contributed by atoms with Crippen LogP contribution in [0.25, 0.3) is 16.8 Å². The summed E-state index contributed by atoms with van der Waals surface area (Å²) in [7, 11) is 3.56. The van der Waals surface area contributed by atoms with E-state index in [1.165, 1.54) is 22.8 Å². The molecule has 2 aromatic heterocycles. The fourth-order valence-electron chi connectivity index (χ4n) is 2.59. The third-order valence-corrected chi connectivity index (χ3v) is 3.89. The fraction of sp³-hybridized carbons (Fsp3) is 0.211. The molecule has 0 bridgehead atoms. The topological polar surface area (TPSA) is 50.5 Å². The summed E-state index contributed by atoms with van der Waals surface area (Å²) in [5.74, 6) is -0.306. The Balaban J connectivity index is 2.16. The molecule has 0 radical (unpaired) electrons. The zero-order chi connectivity index (χ0) is 19.8. The van der Waals surface area contributed by atoms with E-state index in [2.05, 4.69) is 10.2 Å². The lowest BCUT2D eigenvalue weighted by Gasteiger charge is -2.07. The highest BCUT2D eigenvalue weighted by Gasteiger charge is 2.30. The molecule has 27 heavy (non-hydrogen) atoms. The Kier molecular flexibility index (Phi) is 4.73. The lowest BCUT2D eigenvalue weighted by atomic mass is 10.0. The second kappa shape index (κ2) is 6.86. The molecule has 0 spiro atoms. The first kappa shape index (κ1) is 18.6. The first-order valence-corrected chi connectivity index (χ1v) is 8.10. The number of hydrogen-bond donors (Lipinski definition) is 0. The third kappa shape index (κ3) is 3.84. The first-order valence-electron chi connectivity index (χ1n) is 8.10. The van der Waals surface area contributed by atoms with Crippen molar-refractivity contribution in [1.82, 2.24) is 19.7 Å². The van der Waals surface area contributed by atoms with Crippen LogP contribution in [-0.4, -0.2) is 39.6 Å². The summed E-state index contributed by atoms with van der Waals surface area (Å²) < 4.78 is 39.8. The molecular formula is C19H17F3N4O. The van der Waals surface area contributed by atoms with Crippen molar-refractivity contribution in [2.24, 2.45) is 0 Å². The van der Waals surface area contributed by atoms with Crippen LogP contribution in [0.3, 0.4) is 0 Å². The van der Waals surface area contributed by atoms with Gasteiger partial charge in [0.2, 0.25) is 0 Å². The van der Waals surface area contributed by atoms with Gasteiger partial charge in [-0.25, -0.2) is 0 Å². The summed E-state index contributed by atoms with van der Waals surface area (Å²) in [5, 5.41) is 8.60. The van der Waals surface area contributed by atoms with Crippen LogP contribution in [-0.2, 0) is 6.18 Å². The second-order valence-electron chi connectivity index (χ2n) is 6.29. The van der Waals surface area contributed by atoms with E-state index in [-0.39, 0.29) is 11.5 Å². The Labute approximate surface area is 153 Å². The number of halogens is 3. The van der Waals surface area contributed by atoms with Crippen molar-refractivity contribution >= 4 is 11.3 Å². The van der Waals surface area contributed by atoms with Gasteiger partial charge in [0.25, 0.3) is 0 Å². The van der Waals surface area contributed by atoms with Gasteiger partial charge in [-0.3, -0.25) is 4.79 Å². The summed E-state index contributed by atoms with van der Waals surface area (Å²) in [5.41, 5.74) is 1.42. The summed E-state index contributed by atoms with van der Waals surface area (Å²) in [6.45, 7) is 1.78. The van der Waals surface area contributed by atoms with Gasteiger partial charge in [0.15, 0.2) is 5.78 Å². The van der Waals surface area contributed by atoms with Gasteiger partial charge in [0.1, 0.15) is 5.69 Å². The van der Waals surface area contributed by atoms with E-state index >= 15 is 0 Å². The van der Waals surface area contributed by atoms with Crippen LogP contribution in [0.1, 0.15) is 21.6 Å². The molecule has 0 fully saturated rings. The summed E-state index contributed by atoms with van der Waals surface area (Å²) in [6.07, 6.45) is -1.43. The maximum absolute atomic E-state index is 12.8. The zero-order valence-corrected chi connectivity index (χ0v) is 14.9. The van der Waals surface area contributed by atoms with Crippen LogP contribution >= 0.6 is 0 Å². The molecule has 8 heteroatoms. The fourth-order valence-corrected chi connectivity index (χ4v) is 2.59. The molecule has 140 valence electrons. The Hall–Kier alpha value is -3.16. The van der Waals surface area contributed by atoms with Gasteiger partial charge in [0, 0.05) is 31.9 Å². The molecule has 0 aliphatic carbocycles. The van der Waals surface area contributed by atoms with E-state index < -0.39 is 11.7 Å². The number of benzene rings is 1. The molecule has 0 aliphatic heterocycles. The van der Waals surface area contributed by atoms with Gasteiger partial charge >= 0.3 is 6.18 Å². The minimum atomic E-state index is -4.43. The highest BCUT2D eigenvalue weighted by Crippen LogP contribution is 2.32. The largest absolute Gasteiger partial charge is 0.416 e. The van der Waals surface area contributed by atoms with Crippen molar-refractivity contribution in [1.29, 1.82) is 0 Å². The SMILES string of the molecule is Cc1ccc2c(C(=O)/C=C/N(C)C)c(-c3ccc(C(F)(F)F)cc3)nn2n1. The van der Waals surface area contributed by atoms with Gasteiger partial charge < -0.3 is 4.90 Å². The van der Waals surface area contributed by atoms with E-state index in [9.17, 15) is 18.0 Å². The molecule has 5 nitrogen and oxygen atoms in total. The third-order valence-electron chi connectivity index (χ3n) is 3.89. The normalized spacial score (nSPS) is 12.1. The molecule has 0 atom stereocenters. The Morgan fingerprint density at radius 1 is 1.07 bits per heavy atom. The number of aromatic nitrogens is 3. The van der Waals surface area contributed by atoms with E-state index in [4.69, 9.17) is 0 Å². The van der Waals surface area contributed by atoms with Gasteiger partial charge in [-0.15, -0.1) is 5.10 Å². The van der Waals surface area contributed by atoms with Crippen LogP contribution in [0.15, 0.2) is 48.7 Å². The predicted octanol–water partition coefficient (Wildman–Crippen LogP) is 3.98. The number of aryl methyl sites for hydroxylation is 1. The van der Waals surface area contributed by atoms with E-state index in [1.54, 1.807) is 44.3 Å². The van der Waals surface area contributed by atoms with Gasteiger partial charge in [-0.1, -0.05) is 12.1 Å². The minimum absolute atomic E-state index is 0.287. The van der Waals surface area contributed by atoms with Gasteiger partial charge in [0.05, 0.1) is 22.3 Å². The molecule has 0 saturated heterocycles. The van der Waals surface area contributed by atoms with Gasteiger partial charge in [-0.2, -0.15) is 22.9 Å². The van der Waals surface area contributed by atoms with Crippen molar-refractivity contribution in [3.63, 3.8) is 0 Å². The Morgan fingerprint density at radius 2 is 1.74 bits per heavy atom. The van der Waals surface area contributed by atoms with Crippen LogP contribution < -0.4 is 0 Å². The van der Waals surface area contributed by atoms with Crippen molar-refractivity contribution in [2.75, 3.05) is 14.1 Å². The molecule has 0 aliphatic rings. The van der Waals surface area contributed by atoms with Crippen molar-refractivity contribution < 1.29 is 18.0 Å². The molecule has 0 amide bonds. The molecule has 3 rings (SSSR count). The minimum Gasteiger partial charge on any atom is -0.383 e. The van der Waals surface area contributed by atoms with Crippen molar-refractivity contribution in [3.8, 4) is 11.3 Å². The highest BCUT2D eigenvalue weighted by atomic mass is 19.4. The van der Waals surface area contributed by atoms with Crippen LogP contribution in [0.2, 0.25) is 0 Å². The number of ketones is 1. The monoisotopic (exact) mass is 374 g/mol. The summed E-state index contributed by atoms with van der Waals surface area (Å²) in [4.78, 5) is 14.5. The standard InChI is InChI=1S/C19H17F3N4O/c1-12-4-9-15-17(16(27)10-11-25(2)3)18(24-26(15)23-12)13-5-7-14(8-6-13)19(20,21)22/h4-11H,1-3H3/b11-10+. The smallest absolute Gasteiger partial charge is 0.383 e.